The highest BCUT2D eigenvalue weighted by Gasteiger charge is 1.88. The van der Waals surface area contributed by atoms with Gasteiger partial charge in [0.2, 0.25) is 0 Å². The Hall–Kier alpha value is -0.130. The van der Waals surface area contributed by atoms with Gasteiger partial charge in [-0.15, -0.1) is 0 Å². The molecule has 1 heterocycles. The summed E-state index contributed by atoms with van der Waals surface area (Å²) in [6.45, 7) is 0. The van der Waals surface area contributed by atoms with Crippen molar-refractivity contribution in [2.24, 2.45) is 0 Å². The summed E-state index contributed by atoms with van der Waals surface area (Å²) in [6, 6.07) is 0. The maximum Gasteiger partial charge on any atom is 0.162 e. The second kappa shape index (κ2) is 1.77. The Bertz CT molecular complexity index is 145. The molecular weight excluding hydrogens is 210 g/mol. The van der Waals surface area contributed by atoms with Crippen molar-refractivity contribution in [2.75, 3.05) is 0 Å². The quantitative estimate of drug-likeness (QED) is 0.591. The van der Waals surface area contributed by atoms with E-state index in [1.165, 1.54) is 9.09 Å². The lowest BCUT2D eigenvalue weighted by atomic mass is 10.7. The van der Waals surface area contributed by atoms with E-state index in [2.05, 4.69) is 5.10 Å². The summed E-state index contributed by atoms with van der Waals surface area (Å²) in [6.07, 6.45) is 2.45. The van der Waals surface area contributed by atoms with Crippen LogP contribution < -0.4 is 0 Å². The van der Waals surface area contributed by atoms with Crippen LogP contribution in [0, 0.1) is 5.82 Å². The summed E-state index contributed by atoms with van der Waals surface area (Å²) in [5.41, 5.74) is 0. The number of nitrogens with zero attached hydrogens (tertiary/aromatic N) is 2. The fourth-order valence-electron chi connectivity index (χ4n) is 0.279. The zero-order valence-corrected chi connectivity index (χ0v) is 5.46. The maximum absolute atomic E-state index is 11.8. The lowest BCUT2D eigenvalue weighted by Gasteiger charge is -1.73. The minimum absolute atomic E-state index is 0.297. The molecule has 0 radical (unpaired) electrons. The molecule has 0 aromatic carbocycles. The van der Waals surface area contributed by atoms with Crippen LogP contribution in [-0.2, 0) is 0 Å². The lowest BCUT2D eigenvalue weighted by molar-refractivity contribution is 0.628. The van der Waals surface area contributed by atoms with E-state index in [1.807, 2.05) is 22.9 Å². The van der Waals surface area contributed by atoms with Gasteiger partial charge in [-0.1, -0.05) is 0 Å². The molecule has 1 aromatic heterocycles. The molecule has 0 spiro atoms. The number of aromatic nitrogens is 2. The molecule has 0 aliphatic rings. The van der Waals surface area contributed by atoms with Crippen LogP contribution in [0.1, 0.15) is 0 Å². The largest absolute Gasteiger partial charge is 0.209 e. The smallest absolute Gasteiger partial charge is 0.162 e. The first-order valence-electron chi connectivity index (χ1n) is 1.65. The van der Waals surface area contributed by atoms with Gasteiger partial charge in [-0.2, -0.15) is 5.10 Å². The predicted octanol–water partition coefficient (Wildman–Crippen LogP) is 1.22. The number of hydrogen-bond donors (Lipinski definition) is 0. The molecule has 0 aliphatic carbocycles. The zero-order valence-electron chi connectivity index (χ0n) is 3.31. The Balaban J connectivity index is 3.04. The van der Waals surface area contributed by atoms with E-state index in [0.29, 0.717) is 0 Å². The van der Waals surface area contributed by atoms with E-state index in [9.17, 15) is 4.39 Å². The van der Waals surface area contributed by atoms with E-state index in [0.717, 1.165) is 6.20 Å². The van der Waals surface area contributed by atoms with Crippen molar-refractivity contribution in [3.05, 3.63) is 18.2 Å². The Morgan fingerprint density at radius 2 is 2.57 bits per heavy atom. The van der Waals surface area contributed by atoms with Crippen molar-refractivity contribution in [1.82, 2.24) is 7.99 Å². The first kappa shape index (κ1) is 5.02. The fourth-order valence-corrected chi connectivity index (χ4v) is 0.669. The molecule has 2 nitrogen and oxygen atoms in total. The normalized spacial score (nSPS) is 9.43. The third-order valence-corrected chi connectivity index (χ3v) is 1.05. The predicted molar refractivity (Wildman–Crippen MR) is 31.6 cm³/mol. The summed E-state index contributed by atoms with van der Waals surface area (Å²) in [7, 11) is 0. The second-order valence-electron chi connectivity index (χ2n) is 1.05. The number of hydrogen-bond acceptors (Lipinski definition) is 1. The Labute approximate surface area is 53.8 Å². The molecular formula is C3H2FIN2. The van der Waals surface area contributed by atoms with Crippen LogP contribution >= 0.6 is 22.9 Å². The molecule has 0 fully saturated rings. The fraction of sp³-hybridized carbons (Fsp3) is 0. The molecule has 1 aromatic rings. The minimum Gasteiger partial charge on any atom is -0.209 e. The highest BCUT2D eigenvalue weighted by atomic mass is 127. The number of rotatable bonds is 0. The summed E-state index contributed by atoms with van der Waals surface area (Å²) < 4.78 is 13.2. The van der Waals surface area contributed by atoms with Crippen LogP contribution in [0.3, 0.4) is 0 Å². The Morgan fingerprint density at radius 1 is 1.86 bits per heavy atom. The summed E-state index contributed by atoms with van der Waals surface area (Å²) in [4.78, 5) is 0. The van der Waals surface area contributed by atoms with Crippen molar-refractivity contribution < 1.29 is 4.39 Å². The highest BCUT2D eigenvalue weighted by Crippen LogP contribution is 1.95. The molecule has 0 saturated carbocycles. The SMILES string of the molecule is Fc1cnn(I)c1. The van der Waals surface area contributed by atoms with Crippen LogP contribution in [0.15, 0.2) is 12.4 Å². The van der Waals surface area contributed by atoms with Gasteiger partial charge >= 0.3 is 0 Å². The van der Waals surface area contributed by atoms with E-state index in [1.54, 1.807) is 0 Å². The Kier molecular flexibility index (Phi) is 1.27. The van der Waals surface area contributed by atoms with Gasteiger partial charge in [-0.3, -0.25) is 0 Å². The first-order chi connectivity index (χ1) is 3.29. The van der Waals surface area contributed by atoms with Crippen molar-refractivity contribution in [3.63, 3.8) is 0 Å². The van der Waals surface area contributed by atoms with Crippen molar-refractivity contribution in [3.8, 4) is 0 Å². The molecule has 7 heavy (non-hydrogen) atoms. The standard InChI is InChI=1S/C3H2FIN2/c4-3-1-6-7(5)2-3/h1-2H. The van der Waals surface area contributed by atoms with Crippen molar-refractivity contribution >= 4 is 22.9 Å². The molecule has 38 valence electrons. The van der Waals surface area contributed by atoms with Gasteiger partial charge in [0.1, 0.15) is 0 Å². The summed E-state index contributed by atoms with van der Waals surface area (Å²) in [5.74, 6) is -0.297. The molecule has 4 heteroatoms. The van der Waals surface area contributed by atoms with E-state index >= 15 is 0 Å². The summed E-state index contributed by atoms with van der Waals surface area (Å²) in [5, 5.41) is 3.54. The van der Waals surface area contributed by atoms with E-state index in [-0.39, 0.29) is 5.82 Å². The molecule has 0 N–H and O–H groups in total. The monoisotopic (exact) mass is 212 g/mol. The van der Waals surface area contributed by atoms with Gasteiger partial charge in [-0.05, 0) is 0 Å². The van der Waals surface area contributed by atoms with Crippen molar-refractivity contribution in [2.45, 2.75) is 0 Å². The third-order valence-electron chi connectivity index (χ3n) is 0.521. The summed E-state index contributed by atoms with van der Waals surface area (Å²) >= 11 is 1.87. The molecule has 1 rings (SSSR count). The van der Waals surface area contributed by atoms with Gasteiger partial charge in [0.25, 0.3) is 0 Å². The average Bonchev–Trinajstić information content (AvgIpc) is 1.87. The maximum atomic E-state index is 11.8. The highest BCUT2D eigenvalue weighted by molar-refractivity contribution is 14.1. The van der Waals surface area contributed by atoms with Crippen LogP contribution in [0.25, 0.3) is 0 Å². The molecule has 0 unspecified atom stereocenters. The molecule has 0 atom stereocenters. The first-order valence-corrected chi connectivity index (χ1v) is 2.62. The molecule has 0 amide bonds. The molecule has 0 saturated heterocycles. The van der Waals surface area contributed by atoms with Crippen molar-refractivity contribution in [1.29, 1.82) is 0 Å². The van der Waals surface area contributed by atoms with Crippen LogP contribution in [-0.4, -0.2) is 7.99 Å². The number of halogens is 2. The third kappa shape index (κ3) is 1.12. The van der Waals surface area contributed by atoms with E-state index < -0.39 is 0 Å². The zero-order chi connectivity index (χ0) is 5.28. The van der Waals surface area contributed by atoms with Gasteiger partial charge < -0.3 is 0 Å². The topological polar surface area (TPSA) is 17.8 Å². The van der Waals surface area contributed by atoms with Gasteiger partial charge in [-0.25, -0.2) is 7.29 Å². The molecule has 0 bridgehead atoms. The Morgan fingerprint density at radius 3 is 2.71 bits per heavy atom. The van der Waals surface area contributed by atoms with Crippen LogP contribution in [0.2, 0.25) is 0 Å². The van der Waals surface area contributed by atoms with Gasteiger partial charge in [0.15, 0.2) is 5.82 Å². The minimum atomic E-state index is -0.297. The van der Waals surface area contributed by atoms with Gasteiger partial charge in [0, 0.05) is 0 Å². The average molecular weight is 212 g/mol. The second-order valence-corrected chi connectivity index (χ2v) is 2.04. The van der Waals surface area contributed by atoms with Gasteiger partial charge in [0.05, 0.1) is 35.3 Å². The van der Waals surface area contributed by atoms with Crippen LogP contribution in [0.5, 0.6) is 0 Å². The van der Waals surface area contributed by atoms with Crippen LogP contribution in [0.4, 0.5) is 4.39 Å². The lowest BCUT2D eigenvalue weighted by Crippen LogP contribution is -1.72. The van der Waals surface area contributed by atoms with E-state index in [4.69, 9.17) is 0 Å². The molecule has 0 aliphatic heterocycles.